The number of hydrogen-bond acceptors (Lipinski definition) is 2. The Balaban J connectivity index is 1.61. The van der Waals surface area contributed by atoms with Gasteiger partial charge in [0, 0.05) is 18.6 Å². The highest BCUT2D eigenvalue weighted by atomic mass is 16.3. The molecule has 2 atom stereocenters. The third-order valence-corrected chi connectivity index (χ3v) is 4.49. The first-order chi connectivity index (χ1) is 12.2. The van der Waals surface area contributed by atoms with Gasteiger partial charge in [-0.3, -0.25) is 0 Å². The molecule has 1 unspecified atom stereocenters. The van der Waals surface area contributed by atoms with Crippen molar-refractivity contribution in [2.45, 2.75) is 18.9 Å². The molecule has 3 aromatic carbocycles. The fraction of sp³-hybridized carbons (Fsp3) is 0.217. The molecule has 2 nitrogen and oxygen atoms in total. The van der Waals surface area contributed by atoms with E-state index in [1.54, 1.807) is 0 Å². The van der Waals surface area contributed by atoms with Gasteiger partial charge in [-0.15, -0.1) is 0 Å². The van der Waals surface area contributed by atoms with Crippen molar-refractivity contribution < 1.29 is 5.11 Å². The van der Waals surface area contributed by atoms with Crippen LogP contribution >= 0.6 is 0 Å². The predicted octanol–water partition coefficient (Wildman–Crippen LogP) is 4.12. The Morgan fingerprint density at radius 2 is 1.48 bits per heavy atom. The van der Waals surface area contributed by atoms with E-state index in [1.165, 1.54) is 21.9 Å². The molecular formula is C23H25NO. The van der Waals surface area contributed by atoms with E-state index in [2.05, 4.69) is 60.7 Å². The molecule has 0 fully saturated rings. The monoisotopic (exact) mass is 331 g/mol. The molecule has 128 valence electrons. The highest BCUT2D eigenvalue weighted by Crippen LogP contribution is 2.17. The Hall–Kier alpha value is -2.42. The summed E-state index contributed by atoms with van der Waals surface area (Å²) in [7, 11) is 0. The smallest absolute Gasteiger partial charge is 0.0497 e. The Kier molecular flexibility index (Phi) is 5.99. The number of fused-ring (bicyclic) bond motifs is 1. The molecule has 2 heteroatoms. The molecule has 0 saturated heterocycles. The molecule has 0 heterocycles. The number of nitrogens with two attached hydrogens (primary N) is 1. The van der Waals surface area contributed by atoms with Gasteiger partial charge in [0.25, 0.3) is 0 Å². The van der Waals surface area contributed by atoms with Crippen molar-refractivity contribution in [3.63, 3.8) is 0 Å². The lowest BCUT2D eigenvalue weighted by atomic mass is 9.97. The van der Waals surface area contributed by atoms with Crippen molar-refractivity contribution in [2.24, 2.45) is 11.7 Å². The summed E-state index contributed by atoms with van der Waals surface area (Å²) in [4.78, 5) is 0. The van der Waals surface area contributed by atoms with E-state index in [1.807, 2.05) is 24.3 Å². The van der Waals surface area contributed by atoms with Gasteiger partial charge in [0.05, 0.1) is 0 Å². The van der Waals surface area contributed by atoms with Crippen molar-refractivity contribution in [2.75, 3.05) is 6.61 Å². The van der Waals surface area contributed by atoms with Crippen LogP contribution in [0, 0.1) is 5.92 Å². The van der Waals surface area contributed by atoms with Gasteiger partial charge in [0.2, 0.25) is 0 Å². The maximum absolute atomic E-state index is 9.62. The van der Waals surface area contributed by atoms with Crippen LogP contribution in [-0.4, -0.2) is 17.8 Å². The highest BCUT2D eigenvalue weighted by Gasteiger charge is 2.07. The Morgan fingerprint density at radius 3 is 2.24 bits per heavy atom. The van der Waals surface area contributed by atoms with Gasteiger partial charge in [-0.1, -0.05) is 84.9 Å². The van der Waals surface area contributed by atoms with E-state index in [0.29, 0.717) is 0 Å². The minimum Gasteiger partial charge on any atom is -0.396 e. The molecule has 3 rings (SSSR count). The molecule has 0 amide bonds. The quantitative estimate of drug-likeness (QED) is 0.640. The highest BCUT2D eigenvalue weighted by molar-refractivity contribution is 5.83. The number of hydrogen-bond donors (Lipinski definition) is 2. The third-order valence-electron chi connectivity index (χ3n) is 4.49. The molecule has 0 saturated carbocycles. The van der Waals surface area contributed by atoms with Crippen LogP contribution in [0.25, 0.3) is 10.8 Å². The second-order valence-corrected chi connectivity index (χ2v) is 6.57. The maximum Gasteiger partial charge on any atom is 0.0497 e. The van der Waals surface area contributed by atoms with Crippen LogP contribution in [0.1, 0.15) is 11.1 Å². The van der Waals surface area contributed by atoms with Crippen molar-refractivity contribution >= 4 is 10.8 Å². The van der Waals surface area contributed by atoms with Crippen molar-refractivity contribution in [3.05, 3.63) is 96.1 Å². The molecule has 0 bridgehead atoms. The average Bonchev–Trinajstić information content (AvgIpc) is 2.66. The SMILES string of the molecule is N[C@@H](C=CC(CO)Cc1ccccc1)Cc1ccc2ccccc2c1. The van der Waals surface area contributed by atoms with Crippen molar-refractivity contribution in [1.82, 2.24) is 0 Å². The molecule has 0 radical (unpaired) electrons. The van der Waals surface area contributed by atoms with Crippen LogP contribution in [0.15, 0.2) is 84.9 Å². The normalized spacial score (nSPS) is 14.0. The Labute approximate surface area is 149 Å². The van der Waals surface area contributed by atoms with Gasteiger partial charge in [-0.2, -0.15) is 0 Å². The number of rotatable bonds is 7. The summed E-state index contributed by atoms with van der Waals surface area (Å²) in [6.45, 7) is 0.133. The largest absolute Gasteiger partial charge is 0.396 e. The first-order valence-electron chi connectivity index (χ1n) is 8.81. The van der Waals surface area contributed by atoms with Gasteiger partial charge < -0.3 is 10.8 Å². The lowest BCUT2D eigenvalue weighted by molar-refractivity contribution is 0.252. The first kappa shape index (κ1) is 17.4. The third kappa shape index (κ3) is 5.02. The zero-order valence-electron chi connectivity index (χ0n) is 14.4. The second-order valence-electron chi connectivity index (χ2n) is 6.57. The fourth-order valence-electron chi connectivity index (χ4n) is 3.12. The van der Waals surface area contributed by atoms with E-state index < -0.39 is 0 Å². The predicted molar refractivity (Wildman–Crippen MR) is 105 cm³/mol. The zero-order valence-corrected chi connectivity index (χ0v) is 14.4. The summed E-state index contributed by atoms with van der Waals surface area (Å²) >= 11 is 0. The average molecular weight is 331 g/mol. The second kappa shape index (κ2) is 8.61. The molecular weight excluding hydrogens is 306 g/mol. The van der Waals surface area contributed by atoms with E-state index in [-0.39, 0.29) is 18.6 Å². The minimum atomic E-state index is -0.0500. The number of aliphatic hydroxyl groups is 1. The molecule has 3 N–H and O–H groups in total. The Morgan fingerprint density at radius 1 is 0.760 bits per heavy atom. The van der Waals surface area contributed by atoms with Crippen LogP contribution in [-0.2, 0) is 12.8 Å². The summed E-state index contributed by atoms with van der Waals surface area (Å²) in [5.74, 6) is 0.102. The molecule has 0 aliphatic rings. The lowest BCUT2D eigenvalue weighted by Gasteiger charge is -2.12. The molecule has 0 aliphatic heterocycles. The molecule has 3 aromatic rings. The summed E-state index contributed by atoms with van der Waals surface area (Å²) in [5, 5.41) is 12.1. The molecule has 0 aliphatic carbocycles. The molecule has 0 spiro atoms. The number of benzene rings is 3. The Bertz CT molecular complexity index is 826. The van der Waals surface area contributed by atoms with Crippen molar-refractivity contribution in [3.8, 4) is 0 Å². The summed E-state index contributed by atoms with van der Waals surface area (Å²) < 4.78 is 0. The van der Waals surface area contributed by atoms with Gasteiger partial charge in [-0.05, 0) is 34.7 Å². The van der Waals surface area contributed by atoms with E-state index >= 15 is 0 Å². The zero-order chi connectivity index (χ0) is 17.5. The van der Waals surface area contributed by atoms with Gasteiger partial charge in [0.15, 0.2) is 0 Å². The van der Waals surface area contributed by atoms with E-state index in [0.717, 1.165) is 12.8 Å². The minimum absolute atomic E-state index is 0.0500. The van der Waals surface area contributed by atoms with Crippen LogP contribution in [0.5, 0.6) is 0 Å². The van der Waals surface area contributed by atoms with Crippen LogP contribution in [0.4, 0.5) is 0 Å². The van der Waals surface area contributed by atoms with E-state index in [9.17, 15) is 5.11 Å². The van der Waals surface area contributed by atoms with Gasteiger partial charge >= 0.3 is 0 Å². The summed E-state index contributed by atoms with van der Waals surface area (Å²) in [6, 6.07) is 25.0. The summed E-state index contributed by atoms with van der Waals surface area (Å²) in [6.07, 6.45) is 5.71. The fourth-order valence-corrected chi connectivity index (χ4v) is 3.12. The van der Waals surface area contributed by atoms with Crippen LogP contribution < -0.4 is 5.73 Å². The molecule has 0 aromatic heterocycles. The van der Waals surface area contributed by atoms with Crippen LogP contribution in [0.2, 0.25) is 0 Å². The van der Waals surface area contributed by atoms with E-state index in [4.69, 9.17) is 5.73 Å². The van der Waals surface area contributed by atoms with Gasteiger partial charge in [-0.25, -0.2) is 0 Å². The lowest BCUT2D eigenvalue weighted by Crippen LogP contribution is -2.20. The number of aliphatic hydroxyl groups excluding tert-OH is 1. The summed E-state index contributed by atoms with van der Waals surface area (Å²) in [5.41, 5.74) is 8.74. The van der Waals surface area contributed by atoms with Crippen molar-refractivity contribution in [1.29, 1.82) is 0 Å². The standard InChI is InChI=1S/C23H25NO/c24-23(13-11-20(17-25)14-18-6-2-1-3-7-18)16-19-10-12-21-8-4-5-9-22(21)15-19/h1-13,15,20,23,25H,14,16-17,24H2/t20?,23-/m0/s1. The van der Waals surface area contributed by atoms with Crippen LogP contribution in [0.3, 0.4) is 0 Å². The van der Waals surface area contributed by atoms with Gasteiger partial charge in [0.1, 0.15) is 0 Å². The first-order valence-corrected chi connectivity index (χ1v) is 8.81. The molecule has 25 heavy (non-hydrogen) atoms. The maximum atomic E-state index is 9.62. The topological polar surface area (TPSA) is 46.2 Å².